The lowest BCUT2D eigenvalue weighted by Crippen LogP contribution is -2.43. The van der Waals surface area contributed by atoms with Crippen LogP contribution in [-0.4, -0.2) is 10.7 Å². The Morgan fingerprint density at radius 2 is 2.29 bits per heavy atom. The summed E-state index contributed by atoms with van der Waals surface area (Å²) in [5.41, 5.74) is 6.60. The van der Waals surface area contributed by atoms with Crippen molar-refractivity contribution in [1.29, 1.82) is 0 Å². The van der Waals surface area contributed by atoms with Crippen LogP contribution in [0, 0.1) is 0 Å². The predicted molar refractivity (Wildman–Crippen MR) is 64.1 cm³/mol. The van der Waals surface area contributed by atoms with E-state index in [4.69, 9.17) is 5.73 Å². The molecular formula is C10H14BrN3. The number of nitrogens with zero attached hydrogens (tertiary/aromatic N) is 1. The van der Waals surface area contributed by atoms with Crippen molar-refractivity contribution in [3.63, 3.8) is 0 Å². The molecule has 0 aromatic carbocycles. The van der Waals surface area contributed by atoms with Gasteiger partial charge in [-0.2, -0.15) is 0 Å². The third-order valence-corrected chi connectivity index (χ3v) is 2.59. The van der Waals surface area contributed by atoms with Crippen LogP contribution < -0.4 is 11.1 Å². The molecule has 4 heteroatoms. The molecule has 1 aliphatic rings. The van der Waals surface area contributed by atoms with Crippen molar-refractivity contribution in [3.8, 4) is 0 Å². The van der Waals surface area contributed by atoms with Gasteiger partial charge < -0.3 is 11.1 Å². The van der Waals surface area contributed by atoms with Gasteiger partial charge in [0, 0.05) is 19.1 Å². The van der Waals surface area contributed by atoms with E-state index in [0.29, 0.717) is 12.2 Å². The molecule has 1 unspecified atom stereocenters. The van der Waals surface area contributed by atoms with Gasteiger partial charge in [0.15, 0.2) is 0 Å². The molecule has 0 bridgehead atoms. The summed E-state index contributed by atoms with van der Waals surface area (Å²) in [6.45, 7) is 7.36. The summed E-state index contributed by atoms with van der Waals surface area (Å²) in [6, 6.07) is 0. The molecule has 0 aromatic rings. The number of rotatable bonds is 4. The summed E-state index contributed by atoms with van der Waals surface area (Å²) in [5, 5.41) is 3.26. The molecule has 0 amide bonds. The normalized spacial score (nSPS) is 25.8. The monoisotopic (exact) mass is 255 g/mol. The maximum Gasteiger partial charge on any atom is 0.142 e. The van der Waals surface area contributed by atoms with Crippen LogP contribution in [0.2, 0.25) is 0 Å². The number of aliphatic imine (C=N–C) groups is 1. The molecule has 0 saturated carbocycles. The minimum absolute atomic E-state index is 0.351. The topological polar surface area (TPSA) is 50.4 Å². The molecule has 0 spiro atoms. The van der Waals surface area contributed by atoms with Gasteiger partial charge in [-0.1, -0.05) is 28.1 Å². The highest BCUT2D eigenvalue weighted by Crippen LogP contribution is 2.24. The van der Waals surface area contributed by atoms with Crippen LogP contribution in [0.5, 0.6) is 0 Å². The molecule has 0 fully saturated rings. The van der Waals surface area contributed by atoms with E-state index in [9.17, 15) is 0 Å². The van der Waals surface area contributed by atoms with Gasteiger partial charge in [-0.3, -0.25) is 0 Å². The summed E-state index contributed by atoms with van der Waals surface area (Å²) in [4.78, 5) is 4.13. The highest BCUT2D eigenvalue weighted by molar-refractivity contribution is 9.10. The van der Waals surface area contributed by atoms with Gasteiger partial charge in [0.25, 0.3) is 0 Å². The summed E-state index contributed by atoms with van der Waals surface area (Å²) in [6.07, 6.45) is 6.78. The molecule has 1 aliphatic heterocycles. The lowest BCUT2D eigenvalue weighted by atomic mass is 10.1. The molecule has 0 radical (unpaired) electrons. The van der Waals surface area contributed by atoms with Crippen LogP contribution in [0.15, 0.2) is 41.8 Å². The van der Waals surface area contributed by atoms with Crippen LogP contribution in [0.4, 0.5) is 0 Å². The zero-order valence-corrected chi connectivity index (χ0v) is 9.55. The first-order chi connectivity index (χ1) is 6.61. The van der Waals surface area contributed by atoms with Crippen LogP contribution in [0.3, 0.4) is 0 Å². The Balaban J connectivity index is 2.82. The first-order valence-electron chi connectivity index (χ1n) is 4.34. The Bertz CT molecular complexity index is 306. The first kappa shape index (κ1) is 11.0. The zero-order chi connectivity index (χ0) is 10.6. The minimum Gasteiger partial charge on any atom is -0.382 e. The Morgan fingerprint density at radius 3 is 2.86 bits per heavy atom. The van der Waals surface area contributed by atoms with Gasteiger partial charge in [-0.05, 0) is 0 Å². The zero-order valence-electron chi connectivity index (χ0n) is 7.96. The summed E-state index contributed by atoms with van der Waals surface area (Å²) >= 11 is 3.54. The van der Waals surface area contributed by atoms with Gasteiger partial charge in [-0.25, -0.2) is 4.99 Å². The molecule has 0 aromatic heterocycles. The minimum atomic E-state index is -0.351. The average Bonchev–Trinajstić information content (AvgIpc) is 2.13. The maximum atomic E-state index is 5.71. The molecule has 1 atom stereocenters. The standard InChI is InChI=1S/C10H14BrN3/c1-3-5-8-9(12)13-7-10(11,14-8)6-4-2/h3-4,7,14H,1-2,5-6,12H2. The van der Waals surface area contributed by atoms with Crippen LogP contribution in [0.25, 0.3) is 0 Å². The number of nitrogens with one attached hydrogen (secondary N) is 1. The van der Waals surface area contributed by atoms with E-state index < -0.39 is 0 Å². The average molecular weight is 256 g/mol. The number of hydrogen-bond donors (Lipinski definition) is 2. The van der Waals surface area contributed by atoms with Crippen molar-refractivity contribution in [2.45, 2.75) is 17.3 Å². The molecule has 3 nitrogen and oxygen atoms in total. The Hall–Kier alpha value is -1.03. The molecule has 1 heterocycles. The van der Waals surface area contributed by atoms with Crippen molar-refractivity contribution < 1.29 is 0 Å². The largest absolute Gasteiger partial charge is 0.382 e. The first-order valence-corrected chi connectivity index (χ1v) is 5.13. The number of alkyl halides is 1. The molecule has 3 N–H and O–H groups in total. The van der Waals surface area contributed by atoms with E-state index >= 15 is 0 Å². The third kappa shape index (κ3) is 2.48. The van der Waals surface area contributed by atoms with E-state index in [1.807, 2.05) is 6.08 Å². The fraction of sp³-hybridized carbons (Fsp3) is 0.300. The highest BCUT2D eigenvalue weighted by Gasteiger charge is 2.26. The molecule has 14 heavy (non-hydrogen) atoms. The van der Waals surface area contributed by atoms with Crippen molar-refractivity contribution in [2.75, 3.05) is 0 Å². The van der Waals surface area contributed by atoms with E-state index in [0.717, 1.165) is 12.1 Å². The number of hydrogen-bond acceptors (Lipinski definition) is 3. The van der Waals surface area contributed by atoms with E-state index in [-0.39, 0.29) is 4.45 Å². The second-order valence-corrected chi connectivity index (χ2v) is 4.51. The fourth-order valence-corrected chi connectivity index (χ4v) is 1.78. The summed E-state index contributed by atoms with van der Waals surface area (Å²) in [5.74, 6) is 0.518. The quantitative estimate of drug-likeness (QED) is 0.459. The fourth-order valence-electron chi connectivity index (χ4n) is 1.21. The van der Waals surface area contributed by atoms with Crippen molar-refractivity contribution in [3.05, 3.63) is 36.8 Å². The van der Waals surface area contributed by atoms with Gasteiger partial charge in [0.2, 0.25) is 0 Å². The van der Waals surface area contributed by atoms with Crippen molar-refractivity contribution >= 4 is 22.1 Å². The Kier molecular flexibility index (Phi) is 3.52. The lowest BCUT2D eigenvalue weighted by Gasteiger charge is -2.29. The van der Waals surface area contributed by atoms with Gasteiger partial charge in [0.05, 0.1) is 5.70 Å². The number of halogens is 1. The lowest BCUT2D eigenvalue weighted by molar-refractivity contribution is 0.645. The van der Waals surface area contributed by atoms with Crippen LogP contribution in [0.1, 0.15) is 12.8 Å². The second-order valence-electron chi connectivity index (χ2n) is 3.10. The SMILES string of the molecule is C=CCC1=C(N)N=CC(Br)(CC=C)N1. The van der Waals surface area contributed by atoms with Crippen molar-refractivity contribution in [2.24, 2.45) is 10.7 Å². The maximum absolute atomic E-state index is 5.71. The van der Waals surface area contributed by atoms with Crippen molar-refractivity contribution in [1.82, 2.24) is 5.32 Å². The predicted octanol–water partition coefficient (Wildman–Crippen LogP) is 2.03. The summed E-state index contributed by atoms with van der Waals surface area (Å²) < 4.78 is -0.351. The van der Waals surface area contributed by atoms with E-state index in [1.165, 1.54) is 0 Å². The Labute approximate surface area is 92.6 Å². The Morgan fingerprint density at radius 1 is 1.57 bits per heavy atom. The van der Waals surface area contributed by atoms with Gasteiger partial charge >= 0.3 is 0 Å². The smallest absolute Gasteiger partial charge is 0.142 e. The van der Waals surface area contributed by atoms with E-state index in [2.05, 4.69) is 39.4 Å². The number of nitrogens with two attached hydrogens (primary N) is 1. The van der Waals surface area contributed by atoms with Gasteiger partial charge in [-0.15, -0.1) is 13.2 Å². The molecule has 0 aliphatic carbocycles. The second kappa shape index (κ2) is 4.46. The van der Waals surface area contributed by atoms with Crippen LogP contribution >= 0.6 is 15.9 Å². The van der Waals surface area contributed by atoms with E-state index in [1.54, 1.807) is 12.3 Å². The molecular weight excluding hydrogens is 242 g/mol. The van der Waals surface area contributed by atoms with Crippen LogP contribution in [-0.2, 0) is 0 Å². The third-order valence-electron chi connectivity index (χ3n) is 1.87. The highest BCUT2D eigenvalue weighted by atomic mass is 79.9. The molecule has 1 rings (SSSR count). The number of allylic oxidation sites excluding steroid dienone is 1. The molecule has 76 valence electrons. The summed E-state index contributed by atoms with van der Waals surface area (Å²) in [7, 11) is 0. The molecule has 0 saturated heterocycles. The van der Waals surface area contributed by atoms with Gasteiger partial charge in [0.1, 0.15) is 10.3 Å².